The van der Waals surface area contributed by atoms with Crippen molar-refractivity contribution >= 4 is 0 Å². The Morgan fingerprint density at radius 1 is 1.71 bits per heavy atom. The van der Waals surface area contributed by atoms with Gasteiger partial charge in [0.25, 0.3) is 0 Å². The highest BCUT2D eigenvalue weighted by Gasteiger charge is 2.02. The zero-order valence-electron chi connectivity index (χ0n) is 4.09. The van der Waals surface area contributed by atoms with Gasteiger partial charge in [-0.15, -0.1) is 0 Å². The molecule has 0 radical (unpaired) electrons. The van der Waals surface area contributed by atoms with Crippen LogP contribution in [0.5, 0.6) is 0 Å². The summed E-state index contributed by atoms with van der Waals surface area (Å²) in [5.41, 5.74) is 5.47. The smallest absolute Gasteiger partial charge is 0.155 e. The summed E-state index contributed by atoms with van der Waals surface area (Å²) in [5.74, 6) is 0. The van der Waals surface area contributed by atoms with Gasteiger partial charge in [0, 0.05) is 0 Å². The molecule has 0 saturated carbocycles. The first-order valence-corrected chi connectivity index (χ1v) is 2.39. The van der Waals surface area contributed by atoms with Gasteiger partial charge < -0.3 is 5.73 Å². The molecule has 1 nitrogen and oxygen atoms in total. The Morgan fingerprint density at radius 2 is 2.57 bits per heavy atom. The fourth-order valence-corrected chi connectivity index (χ4v) is 0.540. The van der Waals surface area contributed by atoms with E-state index in [1.807, 2.05) is 18.2 Å². The maximum atomic E-state index is 5.47. The Bertz CT molecular complexity index is 103. The molecule has 1 unspecified atom stereocenters. The van der Waals surface area contributed by atoms with Gasteiger partial charge in [-0.3, -0.25) is 0 Å². The predicted octanol–water partition coefficient (Wildman–Crippen LogP) is 0.633. The third-order valence-corrected chi connectivity index (χ3v) is 0.933. The van der Waals surface area contributed by atoms with Crippen LogP contribution in [0.15, 0.2) is 18.2 Å². The maximum absolute atomic E-state index is 5.47. The van der Waals surface area contributed by atoms with Crippen LogP contribution in [0.1, 0.15) is 6.42 Å². The summed E-state index contributed by atoms with van der Waals surface area (Å²) in [7, 11) is 0. The van der Waals surface area contributed by atoms with Crippen molar-refractivity contribution in [3.63, 3.8) is 0 Å². The van der Waals surface area contributed by atoms with Crippen molar-refractivity contribution in [1.82, 2.24) is 0 Å². The first-order valence-electron chi connectivity index (χ1n) is 2.39. The first-order chi connectivity index (χ1) is 3.39. The van der Waals surface area contributed by atoms with E-state index in [4.69, 9.17) is 5.73 Å². The second kappa shape index (κ2) is 1.87. The minimum atomic E-state index is 0.213. The molecule has 0 aromatic heterocycles. The molecule has 0 heterocycles. The number of hydrogen-bond acceptors (Lipinski definition) is 1. The van der Waals surface area contributed by atoms with Crippen molar-refractivity contribution in [3.8, 4) is 0 Å². The van der Waals surface area contributed by atoms with E-state index in [1.165, 1.54) is 0 Å². The lowest BCUT2D eigenvalue weighted by atomic mass is 10.1. The maximum Gasteiger partial charge on any atom is 0.155 e. The molecule has 1 atom stereocenters. The zero-order valence-corrected chi connectivity index (χ0v) is 4.09. The Balaban J connectivity index is 2.49. The van der Waals surface area contributed by atoms with Gasteiger partial charge in [0.15, 0.2) is 6.08 Å². The molecule has 1 rings (SSSR count). The molecule has 1 heteroatoms. The molecule has 0 saturated heterocycles. The summed E-state index contributed by atoms with van der Waals surface area (Å²) in [6.07, 6.45) is 9.65. The van der Waals surface area contributed by atoms with Crippen molar-refractivity contribution in [1.29, 1.82) is 0 Å². The van der Waals surface area contributed by atoms with E-state index in [2.05, 4.69) is 6.08 Å². The van der Waals surface area contributed by atoms with Crippen LogP contribution in [0.3, 0.4) is 0 Å². The van der Waals surface area contributed by atoms with Gasteiger partial charge in [-0.2, -0.15) is 0 Å². The van der Waals surface area contributed by atoms with E-state index >= 15 is 0 Å². The molecule has 1 aliphatic rings. The number of nitrogens with two attached hydrogens (primary N) is 1. The fraction of sp³-hybridized carbons (Fsp3) is 0.333. The van der Waals surface area contributed by atoms with Gasteiger partial charge in [-0.25, -0.2) is 0 Å². The van der Waals surface area contributed by atoms with Crippen LogP contribution in [0.4, 0.5) is 0 Å². The van der Waals surface area contributed by atoms with Gasteiger partial charge in [-0.05, 0) is 0 Å². The van der Waals surface area contributed by atoms with Gasteiger partial charge in [-0.1, -0.05) is 0 Å². The highest BCUT2D eigenvalue weighted by atomic mass is 14.6. The summed E-state index contributed by atoms with van der Waals surface area (Å²) in [5, 5.41) is 0. The van der Waals surface area contributed by atoms with Gasteiger partial charge in [0.1, 0.15) is 0 Å². The lowest BCUT2D eigenvalue weighted by molar-refractivity contribution is 0.822. The van der Waals surface area contributed by atoms with Crippen LogP contribution in [-0.2, 0) is 0 Å². The molecule has 2 N–H and O–H groups in total. The Kier molecular flexibility index (Phi) is 1.21. The van der Waals surface area contributed by atoms with Gasteiger partial charge >= 0.3 is 0 Å². The van der Waals surface area contributed by atoms with Crippen LogP contribution in [0, 0.1) is 6.08 Å². The lowest BCUT2D eigenvalue weighted by Gasteiger charge is -1.94. The zero-order chi connectivity index (χ0) is 5.11. The summed E-state index contributed by atoms with van der Waals surface area (Å²) < 4.78 is 0. The number of rotatable bonds is 0. The molecule has 36 valence electrons. The fourth-order valence-electron chi connectivity index (χ4n) is 0.540. The van der Waals surface area contributed by atoms with Crippen LogP contribution in [-0.4, -0.2) is 6.04 Å². The minimum absolute atomic E-state index is 0.213. The molecule has 0 aliphatic heterocycles. The SMILES string of the molecule is NC1C=[C+]C=CC1. The summed E-state index contributed by atoms with van der Waals surface area (Å²) in [6, 6.07) is 0.213. The molecule has 0 aromatic rings. The minimum Gasteiger partial charge on any atom is -0.321 e. The van der Waals surface area contributed by atoms with E-state index in [-0.39, 0.29) is 6.04 Å². The van der Waals surface area contributed by atoms with Crippen LogP contribution in [0.25, 0.3) is 0 Å². The standard InChI is InChI=1S/C6H8N/c7-6-4-2-1-3-5-6/h1-2,5-6H,4,7H2/q+1. The second-order valence-corrected chi connectivity index (χ2v) is 1.64. The number of hydrogen-bond donors (Lipinski definition) is 1. The highest BCUT2D eigenvalue weighted by molar-refractivity contribution is 5.06. The molecule has 7 heavy (non-hydrogen) atoms. The molecular weight excluding hydrogens is 86.1 g/mol. The Labute approximate surface area is 43.5 Å². The van der Waals surface area contributed by atoms with Crippen LogP contribution >= 0.6 is 0 Å². The summed E-state index contributed by atoms with van der Waals surface area (Å²) >= 11 is 0. The summed E-state index contributed by atoms with van der Waals surface area (Å²) in [4.78, 5) is 0. The Hall–Kier alpha value is -0.650. The topological polar surface area (TPSA) is 26.0 Å². The van der Waals surface area contributed by atoms with E-state index in [0.29, 0.717) is 0 Å². The van der Waals surface area contributed by atoms with E-state index < -0.39 is 0 Å². The average Bonchev–Trinajstić information content (AvgIpc) is 1.69. The predicted molar refractivity (Wildman–Crippen MR) is 29.5 cm³/mol. The third kappa shape index (κ3) is 1.11. The van der Waals surface area contributed by atoms with E-state index in [1.54, 1.807) is 0 Å². The quantitative estimate of drug-likeness (QED) is 0.438. The average molecular weight is 94.1 g/mol. The molecular formula is C6H8N+. The summed E-state index contributed by atoms with van der Waals surface area (Å²) in [6.45, 7) is 0. The molecule has 0 bridgehead atoms. The first kappa shape index (κ1) is 4.51. The largest absolute Gasteiger partial charge is 0.321 e. The van der Waals surface area contributed by atoms with Gasteiger partial charge in [0.2, 0.25) is 0 Å². The molecule has 0 aromatic carbocycles. The normalized spacial score (nSPS) is 27.3. The van der Waals surface area contributed by atoms with Crippen molar-refractivity contribution in [2.75, 3.05) is 0 Å². The lowest BCUT2D eigenvalue weighted by Crippen LogP contribution is -2.16. The van der Waals surface area contributed by atoms with Crippen molar-refractivity contribution in [2.24, 2.45) is 5.73 Å². The van der Waals surface area contributed by atoms with Gasteiger partial charge in [0.05, 0.1) is 30.7 Å². The van der Waals surface area contributed by atoms with E-state index in [0.717, 1.165) is 6.42 Å². The molecule has 0 spiro atoms. The van der Waals surface area contributed by atoms with Crippen molar-refractivity contribution < 1.29 is 0 Å². The van der Waals surface area contributed by atoms with Crippen LogP contribution < -0.4 is 5.73 Å². The number of allylic oxidation sites excluding steroid dienone is 2. The highest BCUT2D eigenvalue weighted by Crippen LogP contribution is 1.96. The monoisotopic (exact) mass is 94.1 g/mol. The third-order valence-electron chi connectivity index (χ3n) is 0.933. The molecule has 0 amide bonds. The van der Waals surface area contributed by atoms with Crippen molar-refractivity contribution in [3.05, 3.63) is 24.3 Å². The Morgan fingerprint density at radius 3 is 2.86 bits per heavy atom. The van der Waals surface area contributed by atoms with Crippen LogP contribution in [0.2, 0.25) is 0 Å². The molecule has 1 aliphatic carbocycles. The second-order valence-electron chi connectivity index (χ2n) is 1.64. The molecule has 0 fully saturated rings. The van der Waals surface area contributed by atoms with E-state index in [9.17, 15) is 0 Å². The van der Waals surface area contributed by atoms with Crippen molar-refractivity contribution in [2.45, 2.75) is 12.5 Å².